The average Bonchev–Trinajstić information content (AvgIpc) is 3.52. The molecule has 0 atom stereocenters. The third-order valence-corrected chi connectivity index (χ3v) is 19.6. The average molecular weight is 810 g/mol. The van der Waals surface area contributed by atoms with E-state index in [1.807, 2.05) is 98.8 Å². The molecule has 6 rings (SSSR count). The van der Waals surface area contributed by atoms with E-state index in [-0.39, 0.29) is 9.79 Å². The Morgan fingerprint density at radius 3 is 1.29 bits per heavy atom. The van der Waals surface area contributed by atoms with Gasteiger partial charge in [-0.1, -0.05) is 0 Å². The van der Waals surface area contributed by atoms with Crippen molar-refractivity contribution in [1.82, 2.24) is 7.94 Å². The molecule has 208 valence electrons. The number of aryl methyl sites for hydroxylation is 2. The van der Waals surface area contributed by atoms with Gasteiger partial charge >= 0.3 is 262 Å². The number of benzene rings is 4. The monoisotopic (exact) mass is 814 g/mol. The van der Waals surface area contributed by atoms with E-state index in [1.54, 1.807) is 24.3 Å². The topological polar surface area (TPSA) is 78.1 Å². The van der Waals surface area contributed by atoms with Crippen LogP contribution in [0.3, 0.4) is 0 Å². The Hall–Kier alpha value is -2.56. The molecular formula is C31H26N2O4S2Te2. The van der Waals surface area contributed by atoms with Crippen molar-refractivity contribution in [2.24, 2.45) is 0 Å². The summed E-state index contributed by atoms with van der Waals surface area (Å²) in [6.45, 7) is 3.87. The van der Waals surface area contributed by atoms with Crippen LogP contribution in [0, 0.1) is 13.8 Å². The molecule has 0 saturated heterocycles. The van der Waals surface area contributed by atoms with E-state index in [2.05, 4.69) is 0 Å². The second kappa shape index (κ2) is 11.3. The minimum atomic E-state index is -3.79. The van der Waals surface area contributed by atoms with Gasteiger partial charge in [0.2, 0.25) is 0 Å². The fourth-order valence-corrected chi connectivity index (χ4v) is 18.9. The van der Waals surface area contributed by atoms with Crippen LogP contribution in [0.25, 0.3) is 21.8 Å². The van der Waals surface area contributed by atoms with E-state index in [4.69, 9.17) is 0 Å². The number of hydrogen-bond donors (Lipinski definition) is 0. The summed E-state index contributed by atoms with van der Waals surface area (Å²) in [6, 6.07) is 33.0. The number of rotatable bonds is 8. The Bertz CT molecular complexity index is 1960. The van der Waals surface area contributed by atoms with Gasteiger partial charge in [0.1, 0.15) is 0 Å². The van der Waals surface area contributed by atoms with Crippen LogP contribution in [-0.2, 0) is 20.0 Å². The van der Waals surface area contributed by atoms with Gasteiger partial charge < -0.3 is 0 Å². The number of para-hydroxylation sites is 2. The number of hydrogen-bond acceptors (Lipinski definition) is 4. The molecule has 0 saturated carbocycles. The van der Waals surface area contributed by atoms with Crippen LogP contribution in [0.15, 0.2) is 119 Å². The van der Waals surface area contributed by atoms with Gasteiger partial charge in [0.25, 0.3) is 0 Å². The normalized spacial score (nSPS) is 12.3. The predicted molar refractivity (Wildman–Crippen MR) is 167 cm³/mol. The van der Waals surface area contributed by atoms with E-state index >= 15 is 0 Å². The summed E-state index contributed by atoms with van der Waals surface area (Å²) in [7, 11) is -7.59. The third-order valence-electron chi connectivity index (χ3n) is 6.80. The van der Waals surface area contributed by atoms with E-state index in [0.29, 0.717) is 11.0 Å². The molecule has 6 aromatic rings. The van der Waals surface area contributed by atoms with Crippen molar-refractivity contribution in [3.8, 4) is 0 Å². The maximum atomic E-state index is 13.9. The first-order valence-corrected chi connectivity index (χ1v) is 21.3. The van der Waals surface area contributed by atoms with Crippen molar-refractivity contribution in [3.63, 3.8) is 0 Å². The standard InChI is InChI=1S/C31H26N2O4S2Te2/c1-22-11-15-26(16-12-22)38(34,35)32-28-9-5-3-7-24(28)19-30(32)40-21-41-31-20-25-8-4-6-10-29(25)33(31)39(36,37)27-17-13-23(2)14-18-27/h3-20H,21H2,1-2H3. The van der Waals surface area contributed by atoms with Gasteiger partial charge in [-0.05, 0) is 0 Å². The van der Waals surface area contributed by atoms with Gasteiger partial charge in [-0.15, -0.1) is 0 Å². The van der Waals surface area contributed by atoms with Gasteiger partial charge in [0.05, 0.1) is 0 Å². The molecule has 0 radical (unpaired) electrons. The zero-order chi connectivity index (χ0) is 28.8. The molecule has 0 aliphatic carbocycles. The van der Waals surface area contributed by atoms with Gasteiger partial charge in [0.15, 0.2) is 0 Å². The molecule has 41 heavy (non-hydrogen) atoms. The van der Waals surface area contributed by atoms with Crippen molar-refractivity contribution in [1.29, 1.82) is 0 Å². The number of nitrogens with zero attached hydrogens (tertiary/aromatic N) is 2. The summed E-state index contributed by atoms with van der Waals surface area (Å²) in [5.41, 5.74) is 3.34. The second-order valence-electron chi connectivity index (χ2n) is 9.65. The summed E-state index contributed by atoms with van der Waals surface area (Å²) < 4.78 is 61.0. The summed E-state index contributed by atoms with van der Waals surface area (Å²) in [4.78, 5) is 0.526. The molecule has 4 aromatic carbocycles. The van der Waals surface area contributed by atoms with Crippen LogP contribution < -0.4 is 7.48 Å². The van der Waals surface area contributed by atoms with Crippen LogP contribution in [0.1, 0.15) is 11.1 Å². The molecule has 0 fully saturated rings. The Balaban J connectivity index is 1.37. The minimum absolute atomic E-state index is 0.263. The Morgan fingerprint density at radius 1 is 0.537 bits per heavy atom. The molecule has 2 heterocycles. The van der Waals surface area contributed by atoms with Gasteiger partial charge in [-0.3, -0.25) is 0 Å². The fraction of sp³-hybridized carbons (Fsp3) is 0.0968. The van der Waals surface area contributed by atoms with Crippen LogP contribution in [0.2, 0.25) is 2.52 Å². The molecule has 10 heteroatoms. The van der Waals surface area contributed by atoms with E-state index < -0.39 is 61.9 Å². The molecule has 2 aromatic heterocycles. The Kier molecular flexibility index (Phi) is 7.84. The molecule has 0 bridgehead atoms. The van der Waals surface area contributed by atoms with E-state index in [0.717, 1.165) is 31.9 Å². The van der Waals surface area contributed by atoms with Crippen LogP contribution in [-0.4, -0.2) is 66.6 Å². The zero-order valence-corrected chi connectivity index (χ0v) is 28.6. The molecule has 0 aliphatic heterocycles. The summed E-state index contributed by atoms with van der Waals surface area (Å²) in [5, 5.41) is 1.78. The first-order chi connectivity index (χ1) is 19.7. The van der Waals surface area contributed by atoms with Crippen LogP contribution >= 0.6 is 0 Å². The van der Waals surface area contributed by atoms with Gasteiger partial charge in [-0.2, -0.15) is 0 Å². The van der Waals surface area contributed by atoms with Crippen LogP contribution in [0.4, 0.5) is 0 Å². The third kappa shape index (κ3) is 5.39. The molecule has 0 spiro atoms. The van der Waals surface area contributed by atoms with Gasteiger partial charge in [-0.25, -0.2) is 0 Å². The van der Waals surface area contributed by atoms with Crippen LogP contribution in [0.5, 0.6) is 0 Å². The summed E-state index contributed by atoms with van der Waals surface area (Å²) >= 11 is -1.93. The molecule has 0 amide bonds. The Morgan fingerprint density at radius 2 is 0.902 bits per heavy atom. The quantitative estimate of drug-likeness (QED) is 0.214. The molecule has 0 unspecified atom stereocenters. The first kappa shape index (κ1) is 28.6. The van der Waals surface area contributed by atoms with Crippen molar-refractivity contribution in [2.45, 2.75) is 26.2 Å². The van der Waals surface area contributed by atoms with E-state index in [1.165, 1.54) is 7.94 Å². The Labute approximate surface area is 260 Å². The number of fused-ring (bicyclic) bond motifs is 2. The SMILES string of the molecule is Cc1ccc(S(=O)(=O)n2c([Te]C[Te]c3cc4ccccc4n3S(=O)(=O)c3ccc(C)cc3)cc3ccccc32)cc1. The maximum absolute atomic E-state index is 13.9. The second-order valence-corrected chi connectivity index (χ2v) is 22.4. The first-order valence-electron chi connectivity index (χ1n) is 12.8. The summed E-state index contributed by atoms with van der Waals surface area (Å²) in [5.74, 6) is 0. The summed E-state index contributed by atoms with van der Waals surface area (Å²) in [6.07, 6.45) is 0. The predicted octanol–water partition coefficient (Wildman–Crippen LogP) is 4.42. The number of aromatic nitrogens is 2. The zero-order valence-electron chi connectivity index (χ0n) is 22.3. The van der Waals surface area contributed by atoms with Gasteiger partial charge in [0, 0.05) is 0 Å². The van der Waals surface area contributed by atoms with Crippen molar-refractivity contribution >= 4 is 91.2 Å². The molecular weight excluding hydrogens is 784 g/mol. The molecule has 0 aliphatic rings. The van der Waals surface area contributed by atoms with Crippen molar-refractivity contribution in [2.75, 3.05) is 0 Å². The fourth-order valence-electron chi connectivity index (χ4n) is 4.69. The van der Waals surface area contributed by atoms with E-state index in [9.17, 15) is 16.8 Å². The molecule has 0 N–H and O–H groups in total. The van der Waals surface area contributed by atoms with Crippen molar-refractivity contribution in [3.05, 3.63) is 120 Å². The van der Waals surface area contributed by atoms with Crippen molar-refractivity contribution < 1.29 is 16.8 Å². The molecule has 6 nitrogen and oxygen atoms in total.